The molecule has 1 aromatic carbocycles. The number of hydrogen-bond donors (Lipinski definition) is 0. The molecular formula is C8H5Cl2O3-. The van der Waals surface area contributed by atoms with Crippen LogP contribution in [-0.2, 0) is 11.3 Å². The van der Waals surface area contributed by atoms with Crippen LogP contribution < -0.4 is 5.11 Å². The van der Waals surface area contributed by atoms with Crippen molar-refractivity contribution in [1.82, 2.24) is 0 Å². The second-order valence-electron chi connectivity index (χ2n) is 2.27. The van der Waals surface area contributed by atoms with E-state index in [2.05, 4.69) is 4.74 Å². The molecule has 0 radical (unpaired) electrons. The van der Waals surface area contributed by atoms with Gasteiger partial charge in [-0.25, -0.2) is 0 Å². The molecular weight excluding hydrogens is 215 g/mol. The number of hydrogen-bond acceptors (Lipinski definition) is 3. The summed E-state index contributed by atoms with van der Waals surface area (Å²) in [6, 6.07) is 4.70. The Hall–Kier alpha value is -0.930. The highest BCUT2D eigenvalue weighted by Gasteiger charge is 1.99. The first-order chi connectivity index (χ1) is 6.09. The summed E-state index contributed by atoms with van der Waals surface area (Å²) in [5.74, 6) is 0. The van der Waals surface area contributed by atoms with Gasteiger partial charge in [-0.2, -0.15) is 0 Å². The number of carbonyl (C=O) groups is 1. The number of carbonyl (C=O) groups excluding carboxylic acids is 1. The Balaban J connectivity index is 2.72. The molecule has 0 saturated carbocycles. The average Bonchev–Trinajstić information content (AvgIpc) is 2.02. The number of carboxylic acid groups (broad SMARTS) is 1. The number of benzene rings is 1. The van der Waals surface area contributed by atoms with Crippen LogP contribution in [0.15, 0.2) is 18.2 Å². The maximum atomic E-state index is 9.95. The highest BCUT2D eigenvalue weighted by Crippen LogP contribution is 2.21. The van der Waals surface area contributed by atoms with Gasteiger partial charge in [0.2, 0.25) is 0 Å². The van der Waals surface area contributed by atoms with E-state index in [0.29, 0.717) is 15.6 Å². The van der Waals surface area contributed by atoms with Crippen molar-refractivity contribution in [3.63, 3.8) is 0 Å². The molecule has 1 rings (SSSR count). The summed E-state index contributed by atoms with van der Waals surface area (Å²) in [6.45, 7) is -0.127. The SMILES string of the molecule is O=C([O-])OCc1ccc(Cl)cc1Cl. The molecule has 0 spiro atoms. The molecule has 0 aliphatic carbocycles. The van der Waals surface area contributed by atoms with Crippen LogP contribution in [0.5, 0.6) is 0 Å². The van der Waals surface area contributed by atoms with Gasteiger partial charge in [0.25, 0.3) is 6.16 Å². The van der Waals surface area contributed by atoms with Gasteiger partial charge in [0.05, 0.1) is 6.61 Å². The van der Waals surface area contributed by atoms with Crippen molar-refractivity contribution < 1.29 is 14.6 Å². The van der Waals surface area contributed by atoms with Gasteiger partial charge in [0, 0.05) is 10.0 Å². The third kappa shape index (κ3) is 3.13. The van der Waals surface area contributed by atoms with E-state index >= 15 is 0 Å². The summed E-state index contributed by atoms with van der Waals surface area (Å²) in [4.78, 5) is 9.95. The van der Waals surface area contributed by atoms with Gasteiger partial charge in [-0.15, -0.1) is 0 Å². The Morgan fingerprint density at radius 3 is 2.69 bits per heavy atom. The summed E-state index contributed by atoms with van der Waals surface area (Å²) in [5, 5.41) is 10.8. The summed E-state index contributed by atoms with van der Waals surface area (Å²) in [6.07, 6.45) is -1.58. The molecule has 0 heterocycles. The van der Waals surface area contributed by atoms with Crippen molar-refractivity contribution in [3.8, 4) is 0 Å². The molecule has 3 nitrogen and oxygen atoms in total. The van der Waals surface area contributed by atoms with Gasteiger partial charge >= 0.3 is 0 Å². The van der Waals surface area contributed by atoms with Crippen molar-refractivity contribution in [2.45, 2.75) is 6.61 Å². The standard InChI is InChI=1S/C8H6Cl2O3/c9-6-2-1-5(7(10)3-6)4-13-8(11)12/h1-3H,4H2,(H,11,12)/p-1. The van der Waals surface area contributed by atoms with Crippen molar-refractivity contribution in [2.24, 2.45) is 0 Å². The molecule has 0 aromatic heterocycles. The van der Waals surface area contributed by atoms with Crippen molar-refractivity contribution in [3.05, 3.63) is 33.8 Å². The molecule has 0 N–H and O–H groups in total. The predicted molar refractivity (Wildman–Crippen MR) is 46.6 cm³/mol. The molecule has 0 atom stereocenters. The van der Waals surface area contributed by atoms with E-state index in [1.165, 1.54) is 6.07 Å². The Kier molecular flexibility index (Phi) is 3.39. The third-order valence-corrected chi connectivity index (χ3v) is 1.95. The Bertz CT molecular complexity index is 325. The van der Waals surface area contributed by atoms with Gasteiger partial charge in [-0.05, 0) is 17.7 Å². The largest absolute Gasteiger partial charge is 0.545 e. The van der Waals surface area contributed by atoms with E-state index in [4.69, 9.17) is 23.2 Å². The van der Waals surface area contributed by atoms with Gasteiger partial charge in [0.1, 0.15) is 0 Å². The number of ether oxygens (including phenoxy) is 1. The second kappa shape index (κ2) is 4.35. The molecule has 1 aromatic rings. The van der Waals surface area contributed by atoms with Gasteiger partial charge < -0.3 is 14.6 Å². The number of rotatable bonds is 2. The fourth-order valence-electron chi connectivity index (χ4n) is 0.775. The zero-order chi connectivity index (χ0) is 9.84. The summed E-state index contributed by atoms with van der Waals surface area (Å²) < 4.78 is 4.23. The van der Waals surface area contributed by atoms with Crippen molar-refractivity contribution >= 4 is 29.4 Å². The van der Waals surface area contributed by atoms with Crippen LogP contribution in [0.25, 0.3) is 0 Å². The molecule has 5 heteroatoms. The van der Waals surface area contributed by atoms with Crippen LogP contribution in [0.3, 0.4) is 0 Å². The van der Waals surface area contributed by atoms with Crippen molar-refractivity contribution in [1.29, 1.82) is 0 Å². The monoisotopic (exact) mass is 219 g/mol. The van der Waals surface area contributed by atoms with E-state index in [9.17, 15) is 9.90 Å². The zero-order valence-corrected chi connectivity index (χ0v) is 7.93. The topological polar surface area (TPSA) is 49.4 Å². The first-order valence-corrected chi connectivity index (χ1v) is 4.13. The normalized spacial score (nSPS) is 9.69. The smallest absolute Gasteiger partial charge is 0.252 e. The fourth-order valence-corrected chi connectivity index (χ4v) is 1.24. The van der Waals surface area contributed by atoms with Crippen LogP contribution in [0, 0.1) is 0 Å². The van der Waals surface area contributed by atoms with E-state index in [1.807, 2.05) is 0 Å². The zero-order valence-electron chi connectivity index (χ0n) is 6.42. The van der Waals surface area contributed by atoms with Crippen LogP contribution >= 0.6 is 23.2 Å². The van der Waals surface area contributed by atoms with Gasteiger partial charge in [-0.3, -0.25) is 0 Å². The van der Waals surface area contributed by atoms with E-state index in [1.54, 1.807) is 12.1 Å². The highest BCUT2D eigenvalue weighted by atomic mass is 35.5. The lowest BCUT2D eigenvalue weighted by Gasteiger charge is -2.09. The van der Waals surface area contributed by atoms with Crippen LogP contribution in [0.2, 0.25) is 10.0 Å². The molecule has 0 amide bonds. The molecule has 0 aliphatic heterocycles. The lowest BCUT2D eigenvalue weighted by atomic mass is 10.2. The molecule has 0 unspecified atom stereocenters. The Morgan fingerprint density at radius 1 is 1.46 bits per heavy atom. The fraction of sp³-hybridized carbons (Fsp3) is 0.125. The Labute approximate surface area is 84.8 Å². The van der Waals surface area contributed by atoms with Gasteiger partial charge in [0.15, 0.2) is 0 Å². The second-order valence-corrected chi connectivity index (χ2v) is 3.12. The minimum atomic E-state index is -1.58. The van der Waals surface area contributed by atoms with E-state index in [-0.39, 0.29) is 6.61 Å². The van der Waals surface area contributed by atoms with Crippen molar-refractivity contribution in [2.75, 3.05) is 0 Å². The maximum absolute atomic E-state index is 9.95. The predicted octanol–water partition coefficient (Wildman–Crippen LogP) is 1.85. The number of halogens is 2. The van der Waals surface area contributed by atoms with E-state index < -0.39 is 6.16 Å². The lowest BCUT2D eigenvalue weighted by Crippen LogP contribution is -2.23. The van der Waals surface area contributed by atoms with E-state index in [0.717, 1.165) is 0 Å². The maximum Gasteiger partial charge on any atom is 0.252 e. The molecule has 13 heavy (non-hydrogen) atoms. The summed E-state index contributed by atoms with van der Waals surface area (Å²) >= 11 is 11.4. The highest BCUT2D eigenvalue weighted by molar-refractivity contribution is 6.35. The minimum absolute atomic E-state index is 0.127. The molecule has 70 valence electrons. The Morgan fingerprint density at radius 2 is 2.15 bits per heavy atom. The average molecular weight is 220 g/mol. The lowest BCUT2D eigenvalue weighted by molar-refractivity contribution is -0.284. The minimum Gasteiger partial charge on any atom is -0.545 e. The first kappa shape index (κ1) is 10.2. The van der Waals surface area contributed by atoms with Crippen LogP contribution in [0.4, 0.5) is 4.79 Å². The molecule has 0 saturated heterocycles. The molecule has 0 bridgehead atoms. The first-order valence-electron chi connectivity index (χ1n) is 3.37. The third-order valence-electron chi connectivity index (χ3n) is 1.36. The quantitative estimate of drug-likeness (QED) is 0.714. The molecule has 0 aliphatic rings. The summed E-state index contributed by atoms with van der Waals surface area (Å²) in [7, 11) is 0. The molecule has 0 fully saturated rings. The van der Waals surface area contributed by atoms with Gasteiger partial charge in [-0.1, -0.05) is 29.3 Å². The summed E-state index contributed by atoms with van der Waals surface area (Å²) in [5.41, 5.74) is 0.551. The van der Waals surface area contributed by atoms with Crippen LogP contribution in [-0.4, -0.2) is 6.16 Å². The van der Waals surface area contributed by atoms with Crippen LogP contribution in [0.1, 0.15) is 5.56 Å².